The molecule has 0 aliphatic carbocycles. The first kappa shape index (κ1) is 7.87. The van der Waals surface area contributed by atoms with E-state index >= 15 is 0 Å². The molecule has 12 heavy (non-hydrogen) atoms. The smallest absolute Gasteiger partial charge is 0.152 e. The Kier molecular flexibility index (Phi) is 1.55. The summed E-state index contributed by atoms with van der Waals surface area (Å²) in [5, 5.41) is 3.85. The number of halogens is 1. The van der Waals surface area contributed by atoms with E-state index in [2.05, 4.69) is 24.1 Å². The minimum Gasteiger partial charge on any atom is -0.381 e. The van der Waals surface area contributed by atoms with E-state index in [9.17, 15) is 0 Å². The van der Waals surface area contributed by atoms with Crippen LogP contribution in [-0.4, -0.2) is 11.5 Å². The third kappa shape index (κ3) is 0.985. The zero-order chi connectivity index (χ0) is 8.77. The Labute approximate surface area is 77.0 Å². The maximum Gasteiger partial charge on any atom is 0.152 e. The molecule has 0 spiro atoms. The van der Waals surface area contributed by atoms with E-state index < -0.39 is 0 Å². The van der Waals surface area contributed by atoms with Crippen LogP contribution in [0.2, 0.25) is 5.15 Å². The van der Waals surface area contributed by atoms with Gasteiger partial charge in [0.1, 0.15) is 0 Å². The van der Waals surface area contributed by atoms with Crippen LogP contribution < -0.4 is 5.32 Å². The number of pyridine rings is 1. The molecule has 1 aliphatic rings. The van der Waals surface area contributed by atoms with Gasteiger partial charge < -0.3 is 5.32 Å². The van der Waals surface area contributed by atoms with E-state index in [1.807, 2.05) is 6.07 Å². The zero-order valence-corrected chi connectivity index (χ0v) is 7.94. The van der Waals surface area contributed by atoms with E-state index in [0.717, 1.165) is 12.2 Å². The molecule has 2 rings (SSSR count). The lowest BCUT2D eigenvalue weighted by Crippen LogP contribution is -2.18. The number of aromatic nitrogens is 1. The number of nitrogens with one attached hydrogen (secondary N) is 1. The van der Waals surface area contributed by atoms with Crippen molar-refractivity contribution in [3.05, 3.63) is 23.0 Å². The molecule has 1 aliphatic heterocycles. The molecule has 0 bridgehead atoms. The van der Waals surface area contributed by atoms with Crippen LogP contribution in [0.1, 0.15) is 19.4 Å². The quantitative estimate of drug-likeness (QED) is 0.624. The van der Waals surface area contributed by atoms with Gasteiger partial charge in [0.2, 0.25) is 0 Å². The standard InChI is InChI=1S/C9H11ClN2/c1-9(2)5-12-7-6(9)3-4-11-8(7)10/h3-4,12H,5H2,1-2H3. The largest absolute Gasteiger partial charge is 0.381 e. The summed E-state index contributed by atoms with van der Waals surface area (Å²) in [7, 11) is 0. The second-order valence-corrected chi connectivity index (χ2v) is 4.12. The number of anilines is 1. The minimum absolute atomic E-state index is 0.182. The normalized spacial score (nSPS) is 18.6. The molecule has 0 atom stereocenters. The molecule has 0 fully saturated rings. The van der Waals surface area contributed by atoms with Gasteiger partial charge in [-0.3, -0.25) is 0 Å². The lowest BCUT2D eigenvalue weighted by molar-refractivity contribution is 0.586. The monoisotopic (exact) mass is 182 g/mol. The maximum atomic E-state index is 5.92. The third-order valence-electron chi connectivity index (χ3n) is 2.34. The number of hydrogen-bond donors (Lipinski definition) is 1. The van der Waals surface area contributed by atoms with Crippen LogP contribution in [0.3, 0.4) is 0 Å². The van der Waals surface area contributed by atoms with E-state index in [-0.39, 0.29) is 5.41 Å². The lowest BCUT2D eigenvalue weighted by Gasteiger charge is -2.16. The third-order valence-corrected chi connectivity index (χ3v) is 2.63. The van der Waals surface area contributed by atoms with Crippen LogP contribution in [0.5, 0.6) is 0 Å². The molecule has 0 aromatic carbocycles. The Hall–Kier alpha value is -0.760. The van der Waals surface area contributed by atoms with Crippen molar-refractivity contribution >= 4 is 17.3 Å². The van der Waals surface area contributed by atoms with Crippen LogP contribution in [-0.2, 0) is 5.41 Å². The lowest BCUT2D eigenvalue weighted by atomic mass is 9.88. The summed E-state index contributed by atoms with van der Waals surface area (Å²) in [6.07, 6.45) is 1.76. The van der Waals surface area contributed by atoms with Crippen molar-refractivity contribution in [1.29, 1.82) is 0 Å². The molecule has 0 radical (unpaired) electrons. The number of fused-ring (bicyclic) bond motifs is 1. The molecule has 1 aromatic rings. The van der Waals surface area contributed by atoms with Gasteiger partial charge in [-0.05, 0) is 11.6 Å². The summed E-state index contributed by atoms with van der Waals surface area (Å²) in [6.45, 7) is 5.33. The Morgan fingerprint density at radius 3 is 3.00 bits per heavy atom. The summed E-state index contributed by atoms with van der Waals surface area (Å²) in [4.78, 5) is 4.02. The van der Waals surface area contributed by atoms with Gasteiger partial charge in [0.25, 0.3) is 0 Å². The number of nitrogens with zero attached hydrogens (tertiary/aromatic N) is 1. The van der Waals surface area contributed by atoms with Crippen LogP contribution in [0, 0.1) is 0 Å². The Bertz CT molecular complexity index is 320. The van der Waals surface area contributed by atoms with Crippen LogP contribution in [0.4, 0.5) is 5.69 Å². The molecule has 0 saturated carbocycles. The second-order valence-electron chi connectivity index (χ2n) is 3.76. The van der Waals surface area contributed by atoms with Crippen molar-refractivity contribution in [2.45, 2.75) is 19.3 Å². The summed E-state index contributed by atoms with van der Waals surface area (Å²) < 4.78 is 0. The first-order valence-corrected chi connectivity index (χ1v) is 4.38. The van der Waals surface area contributed by atoms with E-state index in [1.54, 1.807) is 6.20 Å². The molecule has 0 unspecified atom stereocenters. The summed E-state index contributed by atoms with van der Waals surface area (Å²) in [6, 6.07) is 2.03. The molecule has 2 heterocycles. The van der Waals surface area contributed by atoms with E-state index in [0.29, 0.717) is 5.15 Å². The molecule has 0 saturated heterocycles. The van der Waals surface area contributed by atoms with Gasteiger partial charge in [0, 0.05) is 18.2 Å². The van der Waals surface area contributed by atoms with Crippen LogP contribution >= 0.6 is 11.6 Å². The van der Waals surface area contributed by atoms with Crippen molar-refractivity contribution in [3.8, 4) is 0 Å². The molecular weight excluding hydrogens is 172 g/mol. The SMILES string of the molecule is CC1(C)CNc2c1ccnc2Cl. The van der Waals surface area contributed by atoms with Gasteiger partial charge in [0.05, 0.1) is 5.69 Å². The molecule has 2 nitrogen and oxygen atoms in total. The van der Waals surface area contributed by atoms with E-state index in [1.165, 1.54) is 5.56 Å². The van der Waals surface area contributed by atoms with Crippen molar-refractivity contribution in [2.75, 3.05) is 11.9 Å². The number of hydrogen-bond acceptors (Lipinski definition) is 2. The van der Waals surface area contributed by atoms with Gasteiger partial charge in [-0.1, -0.05) is 25.4 Å². The highest BCUT2D eigenvalue weighted by atomic mass is 35.5. The van der Waals surface area contributed by atoms with E-state index in [4.69, 9.17) is 11.6 Å². The summed E-state index contributed by atoms with van der Waals surface area (Å²) in [5.41, 5.74) is 2.45. The Morgan fingerprint density at radius 1 is 1.58 bits per heavy atom. The average Bonchev–Trinajstić information content (AvgIpc) is 2.30. The molecular formula is C9H11ClN2. The highest BCUT2D eigenvalue weighted by Gasteiger charge is 2.30. The zero-order valence-electron chi connectivity index (χ0n) is 7.19. The van der Waals surface area contributed by atoms with Crippen molar-refractivity contribution in [2.24, 2.45) is 0 Å². The van der Waals surface area contributed by atoms with Gasteiger partial charge in [0.15, 0.2) is 5.15 Å². The number of rotatable bonds is 0. The minimum atomic E-state index is 0.182. The Morgan fingerprint density at radius 2 is 2.33 bits per heavy atom. The van der Waals surface area contributed by atoms with Gasteiger partial charge >= 0.3 is 0 Å². The van der Waals surface area contributed by atoms with Crippen molar-refractivity contribution in [1.82, 2.24) is 4.98 Å². The Balaban J connectivity index is 2.61. The molecule has 1 aromatic heterocycles. The van der Waals surface area contributed by atoms with Gasteiger partial charge in [-0.25, -0.2) is 4.98 Å². The van der Waals surface area contributed by atoms with Crippen LogP contribution in [0.25, 0.3) is 0 Å². The highest BCUT2D eigenvalue weighted by Crippen LogP contribution is 2.38. The molecule has 64 valence electrons. The van der Waals surface area contributed by atoms with Gasteiger partial charge in [-0.2, -0.15) is 0 Å². The topological polar surface area (TPSA) is 24.9 Å². The van der Waals surface area contributed by atoms with Crippen molar-refractivity contribution < 1.29 is 0 Å². The van der Waals surface area contributed by atoms with Gasteiger partial charge in [-0.15, -0.1) is 0 Å². The molecule has 1 N–H and O–H groups in total. The first-order valence-electron chi connectivity index (χ1n) is 4.00. The van der Waals surface area contributed by atoms with Crippen molar-refractivity contribution in [3.63, 3.8) is 0 Å². The fourth-order valence-corrected chi connectivity index (χ4v) is 1.80. The average molecular weight is 183 g/mol. The fraction of sp³-hybridized carbons (Fsp3) is 0.444. The second kappa shape index (κ2) is 2.36. The predicted octanol–water partition coefficient (Wildman–Crippen LogP) is 2.44. The maximum absolute atomic E-state index is 5.92. The van der Waals surface area contributed by atoms with Crippen LogP contribution in [0.15, 0.2) is 12.3 Å². The molecule has 0 amide bonds. The summed E-state index contributed by atoms with van der Waals surface area (Å²) in [5.74, 6) is 0. The summed E-state index contributed by atoms with van der Waals surface area (Å²) >= 11 is 5.92. The molecule has 3 heteroatoms. The highest BCUT2D eigenvalue weighted by molar-refractivity contribution is 6.32. The predicted molar refractivity (Wildman–Crippen MR) is 50.8 cm³/mol. The first-order chi connectivity index (χ1) is 5.61. The fourth-order valence-electron chi connectivity index (χ4n) is 1.57.